The second kappa shape index (κ2) is 21.2. The Morgan fingerprint density at radius 3 is 1.65 bits per heavy atom. The summed E-state index contributed by atoms with van der Waals surface area (Å²) in [4.78, 5) is 24.4. The lowest BCUT2D eigenvalue weighted by Crippen LogP contribution is -2.52. The normalized spacial score (nSPS) is 21.1. The molecule has 1 atom stereocenters. The number of amides is 1. The number of aliphatic imine (C=N–C) groups is 1. The molecule has 8 rings (SSSR count). The smallest absolute Gasteiger partial charge is 0.219 e. The third kappa shape index (κ3) is 11.2. The second-order valence-corrected chi connectivity index (χ2v) is 18.3. The van der Waals surface area contributed by atoms with Gasteiger partial charge in [0.15, 0.2) is 0 Å². The van der Waals surface area contributed by atoms with Gasteiger partial charge in [0.2, 0.25) is 5.91 Å². The summed E-state index contributed by atoms with van der Waals surface area (Å²) in [6.45, 7) is 6.68. The lowest BCUT2D eigenvalue weighted by atomic mass is 9.49. The van der Waals surface area contributed by atoms with Gasteiger partial charge in [-0.25, -0.2) is 0 Å². The monoisotopic (exact) mass is 893 g/mol. The number of aliphatic hydroxyl groups is 2. The van der Waals surface area contributed by atoms with Gasteiger partial charge in [-0.1, -0.05) is 84.5 Å². The number of nitrogens with two attached hydrogens (primary N) is 1. The Bertz CT molecular complexity index is 1980. The molecule has 4 aromatic rings. The van der Waals surface area contributed by atoms with Crippen molar-refractivity contribution < 1.29 is 15.0 Å². The fourth-order valence-electron chi connectivity index (χ4n) is 10.5. The molecule has 4 saturated carbocycles. The van der Waals surface area contributed by atoms with Crippen molar-refractivity contribution in [2.45, 2.75) is 77.9 Å². The average Bonchev–Trinajstić information content (AvgIpc) is 3.23. The zero-order valence-corrected chi connectivity index (χ0v) is 38.0. The molecule has 1 unspecified atom stereocenters. The van der Waals surface area contributed by atoms with Crippen LogP contribution in [0.4, 0.5) is 11.4 Å². The van der Waals surface area contributed by atoms with Gasteiger partial charge in [-0.15, -0.1) is 0 Å². The molecule has 4 N–H and O–H groups in total. The van der Waals surface area contributed by atoms with Gasteiger partial charge in [-0.3, -0.25) is 14.7 Å². The molecule has 322 valence electrons. The van der Waals surface area contributed by atoms with Gasteiger partial charge in [0, 0.05) is 69.2 Å². The minimum Gasteiger partial charge on any atom is -0.395 e. The van der Waals surface area contributed by atoms with Gasteiger partial charge in [-0.05, 0) is 139 Å². The van der Waals surface area contributed by atoms with Crippen molar-refractivity contribution in [2.24, 2.45) is 33.9 Å². The summed E-state index contributed by atoms with van der Waals surface area (Å²) < 4.78 is 0. The number of anilines is 2. The number of halogens is 4. The van der Waals surface area contributed by atoms with Crippen molar-refractivity contribution in [3.63, 3.8) is 0 Å². The molecule has 4 aliphatic rings. The number of rotatable bonds is 17. The number of amidine groups is 1. The van der Waals surface area contributed by atoms with Crippen LogP contribution in [0.1, 0.15) is 87.1 Å². The van der Waals surface area contributed by atoms with Crippen molar-refractivity contribution in [1.82, 2.24) is 4.90 Å². The van der Waals surface area contributed by atoms with Crippen LogP contribution in [0.25, 0.3) is 0 Å². The van der Waals surface area contributed by atoms with Crippen LogP contribution in [0.5, 0.6) is 0 Å². The van der Waals surface area contributed by atoms with Crippen LogP contribution in [0, 0.1) is 23.2 Å². The Kier molecular flexibility index (Phi) is 16.3. The van der Waals surface area contributed by atoms with Crippen LogP contribution in [-0.4, -0.2) is 66.8 Å². The summed E-state index contributed by atoms with van der Waals surface area (Å²) in [5, 5.41) is 21.2. The maximum absolute atomic E-state index is 12.8. The molecular formula is C48H59Cl4N5O3. The van der Waals surface area contributed by atoms with Gasteiger partial charge in [0.1, 0.15) is 5.84 Å². The largest absolute Gasteiger partial charge is 0.395 e. The molecular weight excluding hydrogens is 836 g/mol. The zero-order chi connectivity index (χ0) is 43.0. The van der Waals surface area contributed by atoms with Crippen LogP contribution >= 0.6 is 46.4 Å². The van der Waals surface area contributed by atoms with Crippen LogP contribution < -0.4 is 15.5 Å². The zero-order valence-electron chi connectivity index (χ0n) is 35.0. The highest BCUT2D eigenvalue weighted by atomic mass is 35.5. The summed E-state index contributed by atoms with van der Waals surface area (Å²) in [6, 6.07) is 27.6. The Morgan fingerprint density at radius 1 is 0.733 bits per heavy atom. The summed E-state index contributed by atoms with van der Waals surface area (Å²) in [5.74, 6) is 2.87. The van der Waals surface area contributed by atoms with E-state index in [1.54, 1.807) is 12.1 Å². The third-order valence-electron chi connectivity index (χ3n) is 12.5. The molecule has 8 nitrogen and oxygen atoms in total. The molecule has 0 heterocycles. The molecule has 0 aliphatic heterocycles. The van der Waals surface area contributed by atoms with Crippen LogP contribution in [0.3, 0.4) is 0 Å². The van der Waals surface area contributed by atoms with E-state index >= 15 is 0 Å². The molecule has 60 heavy (non-hydrogen) atoms. The van der Waals surface area contributed by atoms with Crippen molar-refractivity contribution >= 4 is 69.5 Å². The molecule has 4 bridgehead atoms. The first-order valence-corrected chi connectivity index (χ1v) is 22.8. The maximum Gasteiger partial charge on any atom is 0.219 e. The molecule has 0 aromatic heterocycles. The van der Waals surface area contributed by atoms with Crippen molar-refractivity contribution in [3.8, 4) is 0 Å². The van der Waals surface area contributed by atoms with E-state index in [1.165, 1.54) is 38.5 Å². The number of nitrogens with zero attached hydrogens (tertiary/aromatic N) is 4. The van der Waals surface area contributed by atoms with E-state index in [1.807, 2.05) is 62.2 Å². The number of carbonyl (C=O) groups is 1. The molecule has 4 aromatic carbocycles. The molecule has 12 heteroatoms. The quantitative estimate of drug-likeness (QED) is 0.0720. The highest BCUT2D eigenvalue weighted by Crippen LogP contribution is 2.60. The van der Waals surface area contributed by atoms with Crippen molar-refractivity contribution in [1.29, 1.82) is 0 Å². The Hall–Kier alpha value is -3.34. The number of carbonyl (C=O) groups excluding carboxylic acids is 1. The number of hydrogen-bond donors (Lipinski definition) is 3. The minimum atomic E-state index is -0.411. The highest BCUT2D eigenvalue weighted by Gasteiger charge is 2.51. The van der Waals surface area contributed by atoms with Gasteiger partial charge in [0.05, 0.1) is 33.3 Å². The van der Waals surface area contributed by atoms with E-state index in [-0.39, 0.29) is 31.1 Å². The van der Waals surface area contributed by atoms with Crippen molar-refractivity contribution in [3.05, 3.63) is 127 Å². The van der Waals surface area contributed by atoms with Gasteiger partial charge >= 0.3 is 0 Å². The Morgan fingerprint density at radius 2 is 1.22 bits per heavy atom. The summed E-state index contributed by atoms with van der Waals surface area (Å²) in [7, 11) is 1.86. The van der Waals surface area contributed by atoms with Crippen LogP contribution in [-0.2, 0) is 17.9 Å². The topological polar surface area (TPSA) is 106 Å². The minimum absolute atomic E-state index is 0.00126. The number of aliphatic hydroxyl groups excluding tert-OH is 2. The Labute approximate surface area is 376 Å². The van der Waals surface area contributed by atoms with Gasteiger partial charge < -0.3 is 25.7 Å². The second-order valence-electron chi connectivity index (χ2n) is 16.7. The predicted octanol–water partition coefficient (Wildman–Crippen LogP) is 10.8. The number of primary amides is 1. The average molecular weight is 896 g/mol. The molecule has 0 saturated heterocycles. The summed E-state index contributed by atoms with van der Waals surface area (Å²) in [5.41, 5.74) is 12.0. The van der Waals surface area contributed by atoms with Crippen LogP contribution in [0.15, 0.2) is 89.9 Å². The van der Waals surface area contributed by atoms with E-state index in [0.717, 1.165) is 63.8 Å². The molecule has 4 aliphatic carbocycles. The van der Waals surface area contributed by atoms with E-state index in [4.69, 9.17) is 57.1 Å². The van der Waals surface area contributed by atoms with E-state index in [9.17, 15) is 15.0 Å². The lowest BCUT2D eigenvalue weighted by Gasteiger charge is -2.58. The maximum atomic E-state index is 12.8. The van der Waals surface area contributed by atoms with E-state index in [2.05, 4.69) is 46.2 Å². The van der Waals surface area contributed by atoms with Gasteiger partial charge in [0.25, 0.3) is 0 Å². The predicted molar refractivity (Wildman–Crippen MR) is 250 cm³/mol. The molecule has 1 amide bonds. The first-order chi connectivity index (χ1) is 29.0. The standard InChI is InChI=1S/C46H53Cl4N5O3.C2H6/c1-52-45(36-6-8-37(9-7-36)53(14-16-56)15-17-57)55(29-46-24-32-18-33(25-46)20-34(19-32)26-46)38-10-4-35(5-11-38)43(23-44(51)58)54(27-30-2-12-39(47)41(49)21-30)28-31-3-13-40(48)42(50)22-31;1-2/h2-13,21-22,32-34,43,56-57H,14-20,23-29H2,1H3,(H2,51,58);1-2H3. The van der Waals surface area contributed by atoms with Crippen LogP contribution in [0.2, 0.25) is 20.1 Å². The SMILES string of the molecule is CC.CN=C(c1ccc(N(CCO)CCO)cc1)N(CC12CC3CC(CC(C3)C1)C2)c1ccc(C(CC(N)=O)N(Cc2ccc(Cl)c(Cl)c2)Cc2ccc(Cl)c(Cl)c2)cc1. The summed E-state index contributed by atoms with van der Waals surface area (Å²) in [6.07, 6.45) is 7.94. The highest BCUT2D eigenvalue weighted by molar-refractivity contribution is 6.42. The van der Waals surface area contributed by atoms with E-state index in [0.29, 0.717) is 46.3 Å². The molecule has 4 fully saturated rings. The lowest BCUT2D eigenvalue weighted by molar-refractivity contribution is -0.119. The Balaban J connectivity index is 0.00000297. The molecule has 0 radical (unpaired) electrons. The fourth-order valence-corrected chi connectivity index (χ4v) is 11.1. The van der Waals surface area contributed by atoms with Crippen molar-refractivity contribution in [2.75, 3.05) is 49.7 Å². The molecule has 0 spiro atoms. The first-order valence-electron chi connectivity index (χ1n) is 21.3. The first kappa shape index (κ1) is 46.2. The summed E-state index contributed by atoms with van der Waals surface area (Å²) >= 11 is 25.5. The number of benzene rings is 4. The fraction of sp³-hybridized carbons (Fsp3) is 0.458. The third-order valence-corrected chi connectivity index (χ3v) is 14.0. The van der Waals surface area contributed by atoms with Gasteiger partial charge in [-0.2, -0.15) is 0 Å². The number of hydrogen-bond acceptors (Lipinski definition) is 6. The van der Waals surface area contributed by atoms with E-state index < -0.39 is 5.91 Å².